The first-order valence-corrected chi connectivity index (χ1v) is 9.34. The van der Waals surface area contributed by atoms with Crippen molar-refractivity contribution in [1.29, 1.82) is 0 Å². The number of aryl methyl sites for hydroxylation is 1. The minimum atomic E-state index is -0.523. The molecule has 1 N–H and O–H groups in total. The summed E-state index contributed by atoms with van der Waals surface area (Å²) in [5.74, 6) is -0.120. The molecule has 2 aromatic rings. The van der Waals surface area contributed by atoms with Crippen molar-refractivity contribution >= 4 is 11.9 Å². The number of esters is 1. The Kier molecular flexibility index (Phi) is 6.12. The van der Waals surface area contributed by atoms with Gasteiger partial charge in [0.1, 0.15) is 5.75 Å². The van der Waals surface area contributed by atoms with Crippen LogP contribution in [0.1, 0.15) is 54.2 Å². The first-order valence-electron chi connectivity index (χ1n) is 9.34. The first-order chi connectivity index (χ1) is 13.0. The number of nitrogens with one attached hydrogen (secondary N) is 1. The highest BCUT2D eigenvalue weighted by Crippen LogP contribution is 2.29. The van der Waals surface area contributed by atoms with E-state index < -0.39 is 5.97 Å². The van der Waals surface area contributed by atoms with Gasteiger partial charge in [0.05, 0.1) is 17.7 Å². The largest absolute Gasteiger partial charge is 0.491 e. The summed E-state index contributed by atoms with van der Waals surface area (Å²) < 4.78 is 10.7. The van der Waals surface area contributed by atoms with E-state index in [1.54, 1.807) is 24.3 Å². The minimum Gasteiger partial charge on any atom is -0.491 e. The van der Waals surface area contributed by atoms with Gasteiger partial charge in [-0.2, -0.15) is 0 Å². The van der Waals surface area contributed by atoms with Crippen LogP contribution in [-0.4, -0.2) is 24.6 Å². The Labute approximate surface area is 159 Å². The summed E-state index contributed by atoms with van der Waals surface area (Å²) in [6, 6.07) is 14.8. The highest BCUT2D eigenvalue weighted by Gasteiger charge is 2.21. The Hall–Kier alpha value is -2.82. The predicted octanol–water partition coefficient (Wildman–Crippen LogP) is 3.82. The maximum Gasteiger partial charge on any atom is 0.338 e. The highest BCUT2D eigenvalue weighted by molar-refractivity contribution is 5.91. The van der Waals surface area contributed by atoms with Gasteiger partial charge in [0.25, 0.3) is 5.91 Å². The normalized spacial score (nSPS) is 15.7. The molecule has 142 valence electrons. The smallest absolute Gasteiger partial charge is 0.338 e. The SMILES string of the molecule is CC(C)Oc1ccc(C(=O)OCC(=O)NC2CCCc3ccccc32)cc1. The van der Waals surface area contributed by atoms with Crippen molar-refractivity contribution in [2.45, 2.75) is 45.3 Å². The molecule has 5 nitrogen and oxygen atoms in total. The number of ether oxygens (including phenoxy) is 2. The van der Waals surface area contributed by atoms with E-state index in [4.69, 9.17) is 9.47 Å². The summed E-state index contributed by atoms with van der Waals surface area (Å²) in [6.07, 6.45) is 3.03. The first kappa shape index (κ1) is 19.0. The summed E-state index contributed by atoms with van der Waals surface area (Å²) in [5.41, 5.74) is 2.82. The highest BCUT2D eigenvalue weighted by atomic mass is 16.5. The molecule has 0 radical (unpaired) electrons. The average Bonchev–Trinajstić information content (AvgIpc) is 2.66. The molecule has 0 heterocycles. The Morgan fingerprint density at radius 2 is 1.85 bits per heavy atom. The van der Waals surface area contributed by atoms with Crippen LogP contribution in [0.15, 0.2) is 48.5 Å². The summed E-state index contributed by atoms with van der Waals surface area (Å²) in [5, 5.41) is 2.98. The molecular formula is C22H25NO4. The van der Waals surface area contributed by atoms with Crippen molar-refractivity contribution in [3.8, 4) is 5.75 Å². The van der Waals surface area contributed by atoms with Crippen molar-refractivity contribution < 1.29 is 19.1 Å². The van der Waals surface area contributed by atoms with Gasteiger partial charge in [-0.3, -0.25) is 4.79 Å². The quantitative estimate of drug-likeness (QED) is 0.788. The van der Waals surface area contributed by atoms with Crippen LogP contribution in [0.25, 0.3) is 0 Å². The number of rotatable bonds is 6. The van der Waals surface area contributed by atoms with Crippen LogP contribution in [0.5, 0.6) is 5.75 Å². The van der Waals surface area contributed by atoms with Gasteiger partial charge in [0.15, 0.2) is 6.61 Å². The zero-order valence-corrected chi connectivity index (χ0v) is 15.7. The van der Waals surface area contributed by atoms with E-state index in [0.717, 1.165) is 24.8 Å². The molecule has 0 saturated heterocycles. The maximum absolute atomic E-state index is 12.2. The molecule has 0 spiro atoms. The van der Waals surface area contributed by atoms with Gasteiger partial charge in [0.2, 0.25) is 0 Å². The van der Waals surface area contributed by atoms with Crippen LogP contribution in [0.3, 0.4) is 0 Å². The second-order valence-electron chi connectivity index (χ2n) is 6.98. The molecule has 0 saturated carbocycles. The van der Waals surface area contributed by atoms with Crippen LogP contribution in [0.4, 0.5) is 0 Å². The van der Waals surface area contributed by atoms with Crippen molar-refractivity contribution in [2.75, 3.05) is 6.61 Å². The monoisotopic (exact) mass is 367 g/mol. The molecule has 2 aromatic carbocycles. The zero-order valence-electron chi connectivity index (χ0n) is 15.7. The second kappa shape index (κ2) is 8.71. The molecule has 1 aliphatic rings. The standard InChI is InChI=1S/C22H25NO4/c1-15(2)27-18-12-10-17(11-13-18)22(25)26-14-21(24)23-20-9-5-7-16-6-3-4-8-19(16)20/h3-4,6,8,10-13,15,20H,5,7,9,14H2,1-2H3,(H,23,24). The molecule has 27 heavy (non-hydrogen) atoms. The van der Waals surface area contributed by atoms with E-state index in [2.05, 4.69) is 11.4 Å². The number of carbonyl (C=O) groups excluding carboxylic acids is 2. The Morgan fingerprint density at radius 3 is 2.59 bits per heavy atom. The van der Waals surface area contributed by atoms with Crippen molar-refractivity contribution in [2.24, 2.45) is 0 Å². The lowest BCUT2D eigenvalue weighted by Crippen LogP contribution is -2.34. The van der Waals surface area contributed by atoms with Gasteiger partial charge in [-0.05, 0) is 68.5 Å². The summed E-state index contributed by atoms with van der Waals surface area (Å²) in [4.78, 5) is 24.4. The maximum atomic E-state index is 12.2. The van der Waals surface area contributed by atoms with Gasteiger partial charge in [-0.15, -0.1) is 0 Å². The third-order valence-electron chi connectivity index (χ3n) is 4.50. The van der Waals surface area contributed by atoms with Crippen LogP contribution in [0.2, 0.25) is 0 Å². The van der Waals surface area contributed by atoms with E-state index in [1.165, 1.54) is 5.56 Å². The molecule has 1 aliphatic carbocycles. The number of hydrogen-bond donors (Lipinski definition) is 1. The fourth-order valence-corrected chi connectivity index (χ4v) is 3.30. The number of hydrogen-bond acceptors (Lipinski definition) is 4. The fourth-order valence-electron chi connectivity index (χ4n) is 3.30. The molecule has 0 bridgehead atoms. The zero-order chi connectivity index (χ0) is 19.2. The number of fused-ring (bicyclic) bond motifs is 1. The predicted molar refractivity (Wildman–Crippen MR) is 103 cm³/mol. The Morgan fingerprint density at radius 1 is 1.11 bits per heavy atom. The van der Waals surface area contributed by atoms with Gasteiger partial charge in [-0.1, -0.05) is 24.3 Å². The lowest BCUT2D eigenvalue weighted by molar-refractivity contribution is -0.125. The Balaban J connectivity index is 1.51. The third-order valence-corrected chi connectivity index (χ3v) is 4.50. The molecule has 1 atom stereocenters. The summed E-state index contributed by atoms with van der Waals surface area (Å²) in [6.45, 7) is 3.58. The van der Waals surface area contributed by atoms with E-state index in [1.807, 2.05) is 32.0 Å². The van der Waals surface area contributed by atoms with E-state index in [-0.39, 0.29) is 24.7 Å². The fraction of sp³-hybridized carbons (Fsp3) is 0.364. The molecule has 0 aromatic heterocycles. The summed E-state index contributed by atoms with van der Waals surface area (Å²) in [7, 11) is 0. The number of benzene rings is 2. The molecule has 5 heteroatoms. The third kappa shape index (κ3) is 5.09. The summed E-state index contributed by atoms with van der Waals surface area (Å²) >= 11 is 0. The van der Waals surface area contributed by atoms with Gasteiger partial charge < -0.3 is 14.8 Å². The van der Waals surface area contributed by atoms with Gasteiger partial charge >= 0.3 is 5.97 Å². The van der Waals surface area contributed by atoms with E-state index in [0.29, 0.717) is 11.3 Å². The van der Waals surface area contributed by atoms with Crippen molar-refractivity contribution in [3.05, 3.63) is 65.2 Å². The second-order valence-corrected chi connectivity index (χ2v) is 6.98. The number of amides is 1. The van der Waals surface area contributed by atoms with Crippen LogP contribution >= 0.6 is 0 Å². The number of carbonyl (C=O) groups is 2. The Bertz CT molecular complexity index is 798. The van der Waals surface area contributed by atoms with Crippen molar-refractivity contribution in [1.82, 2.24) is 5.32 Å². The average molecular weight is 367 g/mol. The van der Waals surface area contributed by atoms with Crippen LogP contribution in [0, 0.1) is 0 Å². The van der Waals surface area contributed by atoms with Gasteiger partial charge in [0, 0.05) is 0 Å². The minimum absolute atomic E-state index is 0.0198. The molecule has 0 fully saturated rings. The molecular weight excluding hydrogens is 342 g/mol. The van der Waals surface area contributed by atoms with E-state index >= 15 is 0 Å². The van der Waals surface area contributed by atoms with Crippen molar-refractivity contribution in [3.63, 3.8) is 0 Å². The molecule has 1 amide bonds. The molecule has 0 aliphatic heterocycles. The lowest BCUT2D eigenvalue weighted by atomic mass is 9.88. The van der Waals surface area contributed by atoms with Gasteiger partial charge in [-0.25, -0.2) is 4.79 Å². The van der Waals surface area contributed by atoms with E-state index in [9.17, 15) is 9.59 Å². The van der Waals surface area contributed by atoms with Crippen LogP contribution < -0.4 is 10.1 Å². The lowest BCUT2D eigenvalue weighted by Gasteiger charge is -2.26. The molecule has 3 rings (SSSR count). The van der Waals surface area contributed by atoms with Crippen LogP contribution in [-0.2, 0) is 16.0 Å². The molecule has 1 unspecified atom stereocenters. The topological polar surface area (TPSA) is 64.6 Å².